The molecule has 0 aliphatic rings. The average molecular weight is 387 g/mol. The lowest BCUT2D eigenvalue weighted by molar-refractivity contribution is 0.0697. The molecule has 3 rings (SSSR count). The number of carbonyl (C=O) groups excluding carboxylic acids is 1. The second kappa shape index (κ2) is 9.69. The Morgan fingerprint density at radius 1 is 0.862 bits per heavy atom. The molecule has 0 spiro atoms. The van der Waals surface area contributed by atoms with Gasteiger partial charge in [0.1, 0.15) is 0 Å². The number of ketones is 1. The van der Waals surface area contributed by atoms with Crippen molar-refractivity contribution in [2.75, 3.05) is 11.4 Å². The van der Waals surface area contributed by atoms with Gasteiger partial charge in [0, 0.05) is 25.1 Å². The van der Waals surface area contributed by atoms with Crippen molar-refractivity contribution in [3.8, 4) is 0 Å². The van der Waals surface area contributed by atoms with Crippen LogP contribution in [0, 0.1) is 6.92 Å². The van der Waals surface area contributed by atoms with Gasteiger partial charge in [-0.1, -0.05) is 72.3 Å². The number of aryl methyl sites for hydroxylation is 1. The molecule has 0 radical (unpaired) electrons. The van der Waals surface area contributed by atoms with Crippen molar-refractivity contribution in [1.29, 1.82) is 0 Å². The first kappa shape index (κ1) is 20.3. The first-order valence-electron chi connectivity index (χ1n) is 9.75. The van der Waals surface area contributed by atoms with E-state index >= 15 is 0 Å². The van der Waals surface area contributed by atoms with Crippen LogP contribution < -0.4 is 4.90 Å². The molecule has 0 bridgehead atoms. The van der Waals surface area contributed by atoms with E-state index in [2.05, 4.69) is 24.3 Å². The Bertz CT molecular complexity index is 965. The van der Waals surface area contributed by atoms with Gasteiger partial charge in [-0.2, -0.15) is 0 Å². The van der Waals surface area contributed by atoms with Crippen LogP contribution in [0.2, 0.25) is 0 Å². The highest BCUT2D eigenvalue weighted by atomic mass is 16.4. The summed E-state index contributed by atoms with van der Waals surface area (Å²) in [5.74, 6) is -0.845. The molecule has 0 saturated carbocycles. The quantitative estimate of drug-likeness (QED) is 0.502. The number of nitrogens with zero attached hydrogens (tertiary/aromatic N) is 1. The zero-order valence-electron chi connectivity index (χ0n) is 16.5. The standard InChI is InChI=1S/C25H25NO3/c1-19-13-15-20(16-14-19)18-26(23-11-6-5-10-22(23)25(28)29)17-7-12-24(27)21-8-3-2-4-9-21/h2-6,8-11,13-16H,7,12,17-18H2,1H3,(H,28,29). The summed E-state index contributed by atoms with van der Waals surface area (Å²) in [4.78, 5) is 26.2. The number of carboxylic acid groups (broad SMARTS) is 1. The number of Topliss-reactive ketones (excluding diaryl/α,β-unsaturated/α-hetero) is 1. The predicted molar refractivity (Wildman–Crippen MR) is 116 cm³/mol. The Kier molecular flexibility index (Phi) is 6.80. The van der Waals surface area contributed by atoms with Crippen LogP contribution in [0.15, 0.2) is 78.9 Å². The first-order chi connectivity index (χ1) is 14.0. The van der Waals surface area contributed by atoms with Crippen molar-refractivity contribution < 1.29 is 14.7 Å². The maximum absolute atomic E-state index is 12.4. The van der Waals surface area contributed by atoms with Gasteiger partial charge in [-0.05, 0) is 31.0 Å². The number of benzene rings is 3. The monoisotopic (exact) mass is 387 g/mol. The van der Waals surface area contributed by atoms with Gasteiger partial charge in [-0.25, -0.2) is 4.79 Å². The van der Waals surface area contributed by atoms with Crippen LogP contribution >= 0.6 is 0 Å². The number of aromatic carboxylic acids is 1. The van der Waals surface area contributed by atoms with E-state index in [4.69, 9.17) is 0 Å². The minimum absolute atomic E-state index is 0.104. The van der Waals surface area contributed by atoms with E-state index in [1.54, 1.807) is 12.1 Å². The Balaban J connectivity index is 1.76. The molecular formula is C25H25NO3. The summed E-state index contributed by atoms with van der Waals surface area (Å²) < 4.78 is 0. The molecule has 0 unspecified atom stereocenters. The molecule has 0 aliphatic heterocycles. The van der Waals surface area contributed by atoms with Crippen molar-refractivity contribution in [2.45, 2.75) is 26.3 Å². The van der Waals surface area contributed by atoms with E-state index in [-0.39, 0.29) is 11.3 Å². The summed E-state index contributed by atoms with van der Waals surface area (Å²) in [5, 5.41) is 9.60. The van der Waals surface area contributed by atoms with Crippen LogP contribution in [0.4, 0.5) is 5.69 Å². The number of carbonyl (C=O) groups is 2. The number of para-hydroxylation sites is 1. The van der Waals surface area contributed by atoms with Gasteiger partial charge in [-0.3, -0.25) is 4.79 Å². The van der Waals surface area contributed by atoms with E-state index < -0.39 is 5.97 Å². The van der Waals surface area contributed by atoms with Crippen molar-refractivity contribution in [3.63, 3.8) is 0 Å². The SMILES string of the molecule is Cc1ccc(CN(CCCC(=O)c2ccccc2)c2ccccc2C(=O)O)cc1. The molecular weight excluding hydrogens is 362 g/mol. The lowest BCUT2D eigenvalue weighted by Crippen LogP contribution is -2.26. The Labute approximate surface area is 171 Å². The third kappa shape index (κ3) is 5.55. The van der Waals surface area contributed by atoms with Gasteiger partial charge >= 0.3 is 5.97 Å². The molecule has 4 heteroatoms. The van der Waals surface area contributed by atoms with Gasteiger partial charge < -0.3 is 10.0 Å². The van der Waals surface area contributed by atoms with Crippen LogP contribution in [-0.4, -0.2) is 23.4 Å². The Morgan fingerprint density at radius 2 is 1.52 bits per heavy atom. The fourth-order valence-electron chi connectivity index (χ4n) is 3.33. The van der Waals surface area contributed by atoms with Gasteiger partial charge in [0.2, 0.25) is 0 Å². The molecule has 3 aromatic carbocycles. The van der Waals surface area contributed by atoms with Gasteiger partial charge in [0.05, 0.1) is 11.3 Å². The smallest absolute Gasteiger partial charge is 0.337 e. The zero-order chi connectivity index (χ0) is 20.6. The van der Waals surface area contributed by atoms with Crippen LogP contribution in [0.1, 0.15) is 44.7 Å². The van der Waals surface area contributed by atoms with Crippen LogP contribution in [0.25, 0.3) is 0 Å². The lowest BCUT2D eigenvalue weighted by Gasteiger charge is -2.26. The van der Waals surface area contributed by atoms with Gasteiger partial charge in [0.25, 0.3) is 0 Å². The van der Waals surface area contributed by atoms with E-state index in [9.17, 15) is 14.7 Å². The molecule has 0 atom stereocenters. The number of carboxylic acids is 1. The predicted octanol–water partition coefficient (Wildman–Crippen LogP) is 5.36. The molecule has 3 aromatic rings. The van der Waals surface area contributed by atoms with Crippen LogP contribution in [0.5, 0.6) is 0 Å². The fraction of sp³-hybridized carbons (Fsp3) is 0.200. The molecule has 1 N–H and O–H groups in total. The number of rotatable bonds is 9. The molecule has 0 amide bonds. The molecule has 148 valence electrons. The van der Waals surface area contributed by atoms with Crippen molar-refractivity contribution >= 4 is 17.4 Å². The summed E-state index contributed by atoms with van der Waals surface area (Å²) >= 11 is 0. The third-order valence-corrected chi connectivity index (χ3v) is 4.90. The molecule has 29 heavy (non-hydrogen) atoms. The minimum atomic E-state index is -0.949. The Hall–Kier alpha value is -3.40. The molecule has 0 aliphatic carbocycles. The zero-order valence-corrected chi connectivity index (χ0v) is 16.5. The average Bonchev–Trinajstić information content (AvgIpc) is 2.75. The van der Waals surface area contributed by atoms with Crippen molar-refractivity contribution in [3.05, 3.63) is 101 Å². The maximum Gasteiger partial charge on any atom is 0.337 e. The Morgan fingerprint density at radius 3 is 2.21 bits per heavy atom. The summed E-state index contributed by atoms with van der Waals surface area (Å²) in [5.41, 5.74) is 3.94. The highest BCUT2D eigenvalue weighted by molar-refractivity contribution is 5.96. The second-order valence-corrected chi connectivity index (χ2v) is 7.12. The van der Waals surface area contributed by atoms with Crippen molar-refractivity contribution in [1.82, 2.24) is 0 Å². The van der Waals surface area contributed by atoms with E-state index in [0.29, 0.717) is 37.2 Å². The van der Waals surface area contributed by atoms with E-state index in [1.165, 1.54) is 5.56 Å². The fourth-order valence-corrected chi connectivity index (χ4v) is 3.33. The minimum Gasteiger partial charge on any atom is -0.478 e. The summed E-state index contributed by atoms with van der Waals surface area (Å²) in [6.45, 7) is 3.22. The van der Waals surface area contributed by atoms with Gasteiger partial charge in [-0.15, -0.1) is 0 Å². The number of anilines is 1. The summed E-state index contributed by atoms with van der Waals surface area (Å²) in [6.07, 6.45) is 1.07. The third-order valence-electron chi connectivity index (χ3n) is 4.90. The number of hydrogen-bond donors (Lipinski definition) is 1. The lowest BCUT2D eigenvalue weighted by atomic mass is 10.1. The summed E-state index contributed by atoms with van der Waals surface area (Å²) in [7, 11) is 0. The normalized spacial score (nSPS) is 10.5. The van der Waals surface area contributed by atoms with E-state index in [0.717, 1.165) is 5.56 Å². The molecule has 0 fully saturated rings. The largest absolute Gasteiger partial charge is 0.478 e. The maximum atomic E-state index is 12.4. The van der Waals surface area contributed by atoms with Crippen LogP contribution in [0.3, 0.4) is 0 Å². The molecule has 0 heterocycles. The van der Waals surface area contributed by atoms with Crippen LogP contribution in [-0.2, 0) is 6.54 Å². The van der Waals surface area contributed by atoms with Crippen molar-refractivity contribution in [2.24, 2.45) is 0 Å². The van der Waals surface area contributed by atoms with E-state index in [1.807, 2.05) is 54.3 Å². The molecule has 4 nitrogen and oxygen atoms in total. The summed E-state index contributed by atoms with van der Waals surface area (Å²) in [6, 6.07) is 24.5. The highest BCUT2D eigenvalue weighted by Gasteiger charge is 2.16. The topological polar surface area (TPSA) is 57.6 Å². The second-order valence-electron chi connectivity index (χ2n) is 7.12. The molecule has 0 aromatic heterocycles. The molecule has 0 saturated heterocycles. The number of hydrogen-bond acceptors (Lipinski definition) is 3. The first-order valence-corrected chi connectivity index (χ1v) is 9.75. The van der Waals surface area contributed by atoms with Gasteiger partial charge in [0.15, 0.2) is 5.78 Å². The highest BCUT2D eigenvalue weighted by Crippen LogP contribution is 2.23.